The number of nitrogens with one attached hydrogen (secondary N) is 3. The van der Waals surface area contributed by atoms with Gasteiger partial charge in [0.2, 0.25) is 5.91 Å². The lowest BCUT2D eigenvalue weighted by atomic mass is 10.2. The largest absolute Gasteiger partial charge is 0.353 e. The number of aryl methyl sites for hydroxylation is 1. The maximum atomic E-state index is 13.4. The molecule has 132 valence electrons. The third kappa shape index (κ3) is 6.56. The Labute approximate surface area is 150 Å². The fraction of sp³-hybridized carbons (Fsp3) is 0.222. The van der Waals surface area contributed by atoms with E-state index >= 15 is 0 Å². The molecule has 25 heavy (non-hydrogen) atoms. The van der Waals surface area contributed by atoms with E-state index in [1.807, 2.05) is 31.2 Å². The number of rotatable bonds is 8. The van der Waals surface area contributed by atoms with Crippen molar-refractivity contribution in [1.29, 1.82) is 0 Å². The van der Waals surface area contributed by atoms with Crippen molar-refractivity contribution in [3.8, 4) is 0 Å². The predicted octanol–water partition coefficient (Wildman–Crippen LogP) is 2.28. The van der Waals surface area contributed by atoms with Crippen molar-refractivity contribution >= 4 is 23.8 Å². The molecule has 0 spiro atoms. The van der Waals surface area contributed by atoms with Crippen molar-refractivity contribution < 1.29 is 14.0 Å². The van der Waals surface area contributed by atoms with Gasteiger partial charge in [0.15, 0.2) is 0 Å². The molecule has 7 heteroatoms. The van der Waals surface area contributed by atoms with Crippen LogP contribution in [-0.4, -0.2) is 31.4 Å². The lowest BCUT2D eigenvalue weighted by Crippen LogP contribution is -2.37. The molecule has 0 heterocycles. The van der Waals surface area contributed by atoms with Crippen molar-refractivity contribution in [3.05, 3.63) is 65.5 Å². The first kappa shape index (κ1) is 19.0. The quantitative estimate of drug-likeness (QED) is 0.498. The van der Waals surface area contributed by atoms with Gasteiger partial charge in [0.25, 0.3) is 5.91 Å². The van der Waals surface area contributed by atoms with Crippen LogP contribution in [-0.2, 0) is 4.79 Å². The van der Waals surface area contributed by atoms with Gasteiger partial charge in [-0.05, 0) is 43.1 Å². The first-order valence-corrected chi connectivity index (χ1v) is 8.63. The molecule has 0 radical (unpaired) electrons. The van der Waals surface area contributed by atoms with Crippen LogP contribution < -0.4 is 15.4 Å². The average Bonchev–Trinajstić information content (AvgIpc) is 2.60. The second-order valence-corrected chi connectivity index (χ2v) is 6.29. The number of hydrogen-bond acceptors (Lipinski definition) is 4. The number of carbonyl (C=O) groups is 2. The molecule has 2 aromatic rings. The molecule has 0 aliphatic heterocycles. The van der Waals surface area contributed by atoms with E-state index in [0.29, 0.717) is 0 Å². The van der Waals surface area contributed by atoms with Crippen molar-refractivity contribution in [3.63, 3.8) is 0 Å². The normalized spacial score (nSPS) is 10.3. The monoisotopic (exact) mass is 361 g/mol. The Hall–Kier alpha value is -2.38. The maximum absolute atomic E-state index is 13.4. The highest BCUT2D eigenvalue weighted by Gasteiger charge is 2.09. The highest BCUT2D eigenvalue weighted by atomic mass is 32.2. The summed E-state index contributed by atoms with van der Waals surface area (Å²) in [6, 6.07) is 13.7. The Morgan fingerprint density at radius 3 is 2.40 bits per heavy atom. The van der Waals surface area contributed by atoms with Crippen LogP contribution in [0.1, 0.15) is 15.9 Å². The van der Waals surface area contributed by atoms with Crippen LogP contribution >= 0.6 is 11.9 Å². The van der Waals surface area contributed by atoms with Crippen LogP contribution in [0.5, 0.6) is 0 Å². The zero-order valence-electron chi connectivity index (χ0n) is 13.8. The van der Waals surface area contributed by atoms with Crippen molar-refractivity contribution in [2.75, 3.05) is 19.6 Å². The molecule has 3 N–H and O–H groups in total. The minimum Gasteiger partial charge on any atom is -0.353 e. The zero-order chi connectivity index (χ0) is 18.1. The van der Waals surface area contributed by atoms with Crippen LogP contribution in [0.2, 0.25) is 0 Å². The number of halogens is 1. The highest BCUT2D eigenvalue weighted by molar-refractivity contribution is 7.97. The Morgan fingerprint density at radius 1 is 1.00 bits per heavy atom. The van der Waals surface area contributed by atoms with E-state index in [4.69, 9.17) is 0 Å². The molecule has 0 saturated heterocycles. The molecule has 0 bridgehead atoms. The van der Waals surface area contributed by atoms with Crippen LogP contribution in [0, 0.1) is 12.7 Å². The molecule has 2 aromatic carbocycles. The SMILES string of the molecule is Cc1ccc(SNCC(=O)NCCNC(=O)c2ccccc2F)cc1. The molecule has 5 nitrogen and oxygen atoms in total. The second-order valence-electron chi connectivity index (χ2n) is 5.32. The molecule has 0 aliphatic carbocycles. The molecule has 0 atom stereocenters. The van der Waals surface area contributed by atoms with Crippen LogP contribution in [0.15, 0.2) is 53.4 Å². The predicted molar refractivity (Wildman–Crippen MR) is 96.8 cm³/mol. The lowest BCUT2D eigenvalue weighted by molar-refractivity contribution is -0.119. The molecule has 2 rings (SSSR count). The number of benzene rings is 2. The minimum absolute atomic E-state index is 0.00927. The van der Waals surface area contributed by atoms with Crippen molar-refractivity contribution in [2.24, 2.45) is 0 Å². The molecular weight excluding hydrogens is 341 g/mol. The van der Waals surface area contributed by atoms with Gasteiger partial charge in [-0.1, -0.05) is 29.8 Å². The van der Waals surface area contributed by atoms with E-state index in [1.165, 1.54) is 35.7 Å². The lowest BCUT2D eigenvalue weighted by Gasteiger charge is -2.08. The number of amides is 2. The molecule has 0 aliphatic rings. The average molecular weight is 361 g/mol. The maximum Gasteiger partial charge on any atom is 0.254 e. The van der Waals surface area contributed by atoms with Crippen molar-refractivity contribution in [2.45, 2.75) is 11.8 Å². The summed E-state index contributed by atoms with van der Waals surface area (Å²) < 4.78 is 16.4. The molecular formula is C18H20FN3O2S. The summed E-state index contributed by atoms with van der Waals surface area (Å²) in [5.74, 6) is -1.25. The van der Waals surface area contributed by atoms with E-state index in [0.717, 1.165) is 4.90 Å². The molecule has 2 amide bonds. The zero-order valence-corrected chi connectivity index (χ0v) is 14.7. The molecule has 0 fully saturated rings. The summed E-state index contributed by atoms with van der Waals surface area (Å²) in [4.78, 5) is 24.5. The van der Waals surface area contributed by atoms with E-state index < -0.39 is 11.7 Å². The van der Waals surface area contributed by atoms with Gasteiger partial charge in [-0.2, -0.15) is 0 Å². The van der Waals surface area contributed by atoms with Gasteiger partial charge in [-0.25, -0.2) is 4.39 Å². The smallest absolute Gasteiger partial charge is 0.254 e. The third-order valence-corrected chi connectivity index (χ3v) is 4.09. The molecule has 0 saturated carbocycles. The summed E-state index contributed by atoms with van der Waals surface area (Å²) in [6.07, 6.45) is 0. The first-order valence-electron chi connectivity index (χ1n) is 7.82. The Morgan fingerprint density at radius 2 is 1.68 bits per heavy atom. The van der Waals surface area contributed by atoms with Crippen LogP contribution in [0.3, 0.4) is 0 Å². The van der Waals surface area contributed by atoms with E-state index in [2.05, 4.69) is 15.4 Å². The summed E-state index contributed by atoms with van der Waals surface area (Å²) >= 11 is 1.38. The van der Waals surface area contributed by atoms with E-state index in [-0.39, 0.29) is 31.1 Å². The second kappa shape index (κ2) is 9.80. The van der Waals surface area contributed by atoms with Gasteiger partial charge >= 0.3 is 0 Å². The number of hydrogen-bond donors (Lipinski definition) is 3. The van der Waals surface area contributed by atoms with Gasteiger partial charge < -0.3 is 10.6 Å². The van der Waals surface area contributed by atoms with Gasteiger partial charge in [-0.15, -0.1) is 0 Å². The summed E-state index contributed by atoms with van der Waals surface area (Å²) in [6.45, 7) is 2.67. The van der Waals surface area contributed by atoms with Gasteiger partial charge in [0.05, 0.1) is 12.1 Å². The minimum atomic E-state index is -0.568. The Balaban J connectivity index is 1.60. The first-order chi connectivity index (χ1) is 12.1. The Kier molecular flexibility index (Phi) is 7.43. The number of carbonyl (C=O) groups excluding carboxylic acids is 2. The fourth-order valence-electron chi connectivity index (χ4n) is 1.97. The molecule has 0 aromatic heterocycles. The Bertz CT molecular complexity index is 723. The topological polar surface area (TPSA) is 70.2 Å². The van der Waals surface area contributed by atoms with Crippen LogP contribution in [0.25, 0.3) is 0 Å². The van der Waals surface area contributed by atoms with E-state index in [9.17, 15) is 14.0 Å². The standard InChI is InChI=1S/C18H20FN3O2S/c1-13-6-8-14(9-7-13)25-22-12-17(23)20-10-11-21-18(24)15-4-2-3-5-16(15)19/h2-9,22H,10-12H2,1H3,(H,20,23)(H,21,24). The van der Waals surface area contributed by atoms with Crippen LogP contribution in [0.4, 0.5) is 4.39 Å². The summed E-state index contributed by atoms with van der Waals surface area (Å²) in [7, 11) is 0. The van der Waals surface area contributed by atoms with E-state index in [1.54, 1.807) is 6.07 Å². The highest BCUT2D eigenvalue weighted by Crippen LogP contribution is 2.14. The third-order valence-electron chi connectivity index (χ3n) is 3.29. The van der Waals surface area contributed by atoms with Gasteiger partial charge in [0.1, 0.15) is 5.82 Å². The van der Waals surface area contributed by atoms with Gasteiger partial charge in [0, 0.05) is 18.0 Å². The van der Waals surface area contributed by atoms with Crippen molar-refractivity contribution in [1.82, 2.24) is 15.4 Å². The molecule has 0 unspecified atom stereocenters. The van der Waals surface area contributed by atoms with Gasteiger partial charge in [-0.3, -0.25) is 14.3 Å². The summed E-state index contributed by atoms with van der Waals surface area (Å²) in [5.41, 5.74) is 1.17. The fourth-order valence-corrected chi connectivity index (χ4v) is 2.61. The summed E-state index contributed by atoms with van der Waals surface area (Å²) in [5, 5.41) is 5.24.